The number of nitro benzene ring substituents is 1. The molecule has 1 heterocycles. The Hall–Kier alpha value is -2.93. The zero-order valence-corrected chi connectivity index (χ0v) is 14.7. The fraction of sp³-hybridized carbons (Fsp3) is 0.222. The van der Waals surface area contributed by atoms with Gasteiger partial charge in [0.2, 0.25) is 5.91 Å². The van der Waals surface area contributed by atoms with Crippen LogP contribution >= 0.6 is 11.6 Å². The molecule has 7 nitrogen and oxygen atoms in total. The maximum absolute atomic E-state index is 12.4. The van der Waals surface area contributed by atoms with Crippen LogP contribution < -0.4 is 10.2 Å². The third kappa shape index (κ3) is 3.52. The van der Waals surface area contributed by atoms with Gasteiger partial charge in [-0.25, -0.2) is 0 Å². The summed E-state index contributed by atoms with van der Waals surface area (Å²) in [7, 11) is 0. The van der Waals surface area contributed by atoms with Crippen LogP contribution in [-0.2, 0) is 4.79 Å². The zero-order valence-electron chi connectivity index (χ0n) is 14.0. The number of carbonyl (C=O) groups is 2. The highest BCUT2D eigenvalue weighted by Gasteiger charge is 2.23. The SMILES string of the molecule is Cc1ccc(NC(=O)c2ccc(Cl)c([N+](=O)[O-])c2)cc1N1CCCC1=O. The molecule has 0 atom stereocenters. The molecule has 0 radical (unpaired) electrons. The topological polar surface area (TPSA) is 92.5 Å². The lowest BCUT2D eigenvalue weighted by Crippen LogP contribution is -2.24. The Labute approximate surface area is 154 Å². The molecule has 8 heteroatoms. The molecule has 0 saturated carbocycles. The number of hydrogen-bond acceptors (Lipinski definition) is 4. The lowest BCUT2D eigenvalue weighted by molar-refractivity contribution is -0.384. The van der Waals surface area contributed by atoms with Gasteiger partial charge in [0.05, 0.1) is 4.92 Å². The molecule has 1 saturated heterocycles. The maximum Gasteiger partial charge on any atom is 0.288 e. The van der Waals surface area contributed by atoms with Crippen molar-refractivity contribution in [3.05, 3.63) is 62.7 Å². The summed E-state index contributed by atoms with van der Waals surface area (Å²) in [6, 6.07) is 9.15. The molecule has 1 N–H and O–H groups in total. The highest BCUT2D eigenvalue weighted by Crippen LogP contribution is 2.29. The molecule has 2 aromatic rings. The molecule has 1 aliphatic rings. The summed E-state index contributed by atoms with van der Waals surface area (Å²) < 4.78 is 0. The molecule has 1 fully saturated rings. The van der Waals surface area contributed by atoms with Crippen molar-refractivity contribution in [1.82, 2.24) is 0 Å². The monoisotopic (exact) mass is 373 g/mol. The highest BCUT2D eigenvalue weighted by atomic mass is 35.5. The summed E-state index contributed by atoms with van der Waals surface area (Å²) >= 11 is 5.77. The molecule has 0 aromatic heterocycles. The Morgan fingerprint density at radius 3 is 2.69 bits per heavy atom. The van der Waals surface area contributed by atoms with Crippen LogP contribution in [-0.4, -0.2) is 23.3 Å². The number of nitrogens with one attached hydrogen (secondary N) is 1. The Balaban J connectivity index is 1.85. The van der Waals surface area contributed by atoms with Crippen LogP contribution in [0, 0.1) is 17.0 Å². The number of amides is 2. The second-order valence-corrected chi connectivity index (χ2v) is 6.43. The van der Waals surface area contributed by atoms with Gasteiger partial charge in [-0.05, 0) is 43.2 Å². The van der Waals surface area contributed by atoms with Gasteiger partial charge in [0.15, 0.2) is 0 Å². The second kappa shape index (κ2) is 7.13. The number of aryl methyl sites for hydroxylation is 1. The first-order valence-electron chi connectivity index (χ1n) is 8.03. The van der Waals surface area contributed by atoms with Crippen molar-refractivity contribution in [2.24, 2.45) is 0 Å². The van der Waals surface area contributed by atoms with Crippen molar-refractivity contribution in [2.45, 2.75) is 19.8 Å². The van der Waals surface area contributed by atoms with Crippen LogP contribution in [0.3, 0.4) is 0 Å². The van der Waals surface area contributed by atoms with Crippen LogP contribution in [0.4, 0.5) is 17.1 Å². The van der Waals surface area contributed by atoms with E-state index in [0.717, 1.165) is 23.7 Å². The molecule has 26 heavy (non-hydrogen) atoms. The molecule has 0 aliphatic carbocycles. The standard InChI is InChI=1S/C18H16ClN3O4/c1-11-4-6-13(10-15(11)21-8-2-3-17(21)23)20-18(24)12-5-7-14(19)16(9-12)22(25)26/h4-7,9-10H,2-3,8H2,1H3,(H,20,24). The van der Waals surface area contributed by atoms with Crippen LogP contribution in [0.25, 0.3) is 0 Å². The van der Waals surface area contributed by atoms with E-state index in [4.69, 9.17) is 11.6 Å². The second-order valence-electron chi connectivity index (χ2n) is 6.03. The summed E-state index contributed by atoms with van der Waals surface area (Å²) in [6.07, 6.45) is 1.33. The van der Waals surface area contributed by atoms with Crippen molar-refractivity contribution in [3.8, 4) is 0 Å². The number of rotatable bonds is 4. The predicted molar refractivity (Wildman–Crippen MR) is 98.8 cm³/mol. The quantitative estimate of drug-likeness (QED) is 0.649. The molecule has 0 unspecified atom stereocenters. The summed E-state index contributed by atoms with van der Waals surface area (Å²) in [5.41, 5.74) is 1.99. The van der Waals surface area contributed by atoms with Crippen LogP contribution in [0.5, 0.6) is 0 Å². The summed E-state index contributed by atoms with van der Waals surface area (Å²) in [5, 5.41) is 13.6. The van der Waals surface area contributed by atoms with Crippen LogP contribution in [0.2, 0.25) is 5.02 Å². The highest BCUT2D eigenvalue weighted by molar-refractivity contribution is 6.32. The van der Waals surface area contributed by atoms with E-state index in [1.54, 1.807) is 17.0 Å². The van der Waals surface area contributed by atoms with Gasteiger partial charge in [-0.3, -0.25) is 19.7 Å². The molecule has 3 rings (SSSR count). The first kappa shape index (κ1) is 17.9. The summed E-state index contributed by atoms with van der Waals surface area (Å²) in [5.74, 6) is -0.433. The van der Waals surface area contributed by atoms with Crippen LogP contribution in [0.15, 0.2) is 36.4 Å². The summed E-state index contributed by atoms with van der Waals surface area (Å²) in [6.45, 7) is 2.55. The molecule has 2 amide bonds. The maximum atomic E-state index is 12.4. The number of anilines is 2. The van der Waals surface area contributed by atoms with E-state index in [0.29, 0.717) is 18.7 Å². The van der Waals surface area contributed by atoms with E-state index in [-0.39, 0.29) is 22.2 Å². The van der Waals surface area contributed by atoms with Crippen molar-refractivity contribution in [1.29, 1.82) is 0 Å². The lowest BCUT2D eigenvalue weighted by Gasteiger charge is -2.19. The van der Waals surface area contributed by atoms with Gasteiger partial charge in [-0.1, -0.05) is 17.7 Å². The summed E-state index contributed by atoms with van der Waals surface area (Å²) in [4.78, 5) is 36.4. The first-order chi connectivity index (χ1) is 12.4. The van der Waals surface area contributed by atoms with Gasteiger partial charge >= 0.3 is 0 Å². The van der Waals surface area contributed by atoms with Gasteiger partial charge in [0.25, 0.3) is 11.6 Å². The number of carbonyl (C=O) groups excluding carboxylic acids is 2. The minimum Gasteiger partial charge on any atom is -0.322 e. The van der Waals surface area contributed by atoms with Crippen molar-refractivity contribution >= 4 is 40.5 Å². The minimum atomic E-state index is -0.637. The van der Waals surface area contributed by atoms with Crippen molar-refractivity contribution in [3.63, 3.8) is 0 Å². The fourth-order valence-electron chi connectivity index (χ4n) is 2.88. The Kier molecular flexibility index (Phi) is 4.90. The predicted octanol–water partition coefficient (Wildman–Crippen LogP) is 3.94. The molecule has 0 bridgehead atoms. The van der Waals surface area contributed by atoms with Crippen molar-refractivity contribution in [2.75, 3.05) is 16.8 Å². The van der Waals surface area contributed by atoms with Gasteiger partial charge in [-0.2, -0.15) is 0 Å². The van der Waals surface area contributed by atoms with Gasteiger partial charge in [-0.15, -0.1) is 0 Å². The number of nitro groups is 1. The Morgan fingerprint density at radius 2 is 2.04 bits per heavy atom. The first-order valence-corrected chi connectivity index (χ1v) is 8.41. The van der Waals surface area contributed by atoms with Crippen LogP contribution in [0.1, 0.15) is 28.8 Å². The number of halogens is 1. The lowest BCUT2D eigenvalue weighted by atomic mass is 10.1. The van der Waals surface area contributed by atoms with E-state index in [1.807, 2.05) is 13.0 Å². The van der Waals surface area contributed by atoms with Gasteiger partial charge < -0.3 is 10.2 Å². The smallest absolute Gasteiger partial charge is 0.288 e. The molecule has 2 aromatic carbocycles. The fourth-order valence-corrected chi connectivity index (χ4v) is 3.06. The molecular weight excluding hydrogens is 358 g/mol. The van der Waals surface area contributed by atoms with Crippen molar-refractivity contribution < 1.29 is 14.5 Å². The normalized spacial score (nSPS) is 13.8. The third-order valence-corrected chi connectivity index (χ3v) is 4.56. The average molecular weight is 374 g/mol. The van der Waals surface area contributed by atoms with E-state index < -0.39 is 10.8 Å². The Morgan fingerprint density at radius 1 is 1.27 bits per heavy atom. The number of nitrogens with zero attached hydrogens (tertiary/aromatic N) is 2. The van der Waals surface area contributed by atoms with Gasteiger partial charge in [0.1, 0.15) is 5.02 Å². The number of benzene rings is 2. The average Bonchev–Trinajstić information content (AvgIpc) is 3.02. The number of hydrogen-bond donors (Lipinski definition) is 1. The Bertz CT molecular complexity index is 913. The molecule has 134 valence electrons. The minimum absolute atomic E-state index is 0.0308. The molecular formula is C18H16ClN3O4. The molecule has 1 aliphatic heterocycles. The molecule has 0 spiro atoms. The third-order valence-electron chi connectivity index (χ3n) is 4.24. The zero-order chi connectivity index (χ0) is 18.8. The van der Waals surface area contributed by atoms with E-state index in [9.17, 15) is 19.7 Å². The largest absolute Gasteiger partial charge is 0.322 e. The van der Waals surface area contributed by atoms with E-state index in [1.165, 1.54) is 12.1 Å². The van der Waals surface area contributed by atoms with E-state index in [2.05, 4.69) is 5.32 Å². The van der Waals surface area contributed by atoms with Gasteiger partial charge in [0, 0.05) is 36.0 Å². The van der Waals surface area contributed by atoms with E-state index >= 15 is 0 Å².